The highest BCUT2D eigenvalue weighted by Gasteiger charge is 2.24. The van der Waals surface area contributed by atoms with Gasteiger partial charge in [-0.1, -0.05) is 24.3 Å². The second-order valence-electron chi connectivity index (χ2n) is 6.39. The van der Waals surface area contributed by atoms with Gasteiger partial charge in [-0.15, -0.1) is 0 Å². The third-order valence-corrected chi connectivity index (χ3v) is 6.33. The molecule has 1 amide bonds. The highest BCUT2D eigenvalue weighted by Crippen LogP contribution is 2.49. The predicted octanol–water partition coefficient (Wildman–Crippen LogP) is 3.06. The van der Waals surface area contributed by atoms with Crippen LogP contribution >= 0.6 is 7.60 Å². The molecule has 2 aromatic carbocycles. The molecule has 0 aliphatic carbocycles. The zero-order valence-corrected chi connectivity index (χ0v) is 17.8. The van der Waals surface area contributed by atoms with Gasteiger partial charge < -0.3 is 19.1 Å². The molecule has 0 spiro atoms. The number of hydrogen-bond donors (Lipinski definition) is 1. The van der Waals surface area contributed by atoms with Crippen molar-refractivity contribution < 1.29 is 27.9 Å². The Morgan fingerprint density at radius 1 is 1.00 bits per heavy atom. The van der Waals surface area contributed by atoms with Gasteiger partial charge in [0.15, 0.2) is 0 Å². The Bertz CT molecular complexity index is 958. The quantitative estimate of drug-likeness (QED) is 0.480. The second kappa shape index (κ2) is 10.7. The highest BCUT2D eigenvalue weighted by molar-refractivity contribution is 7.52. The average molecular weight is 430 g/mol. The Balaban J connectivity index is 2.10. The topological polar surface area (TPSA) is 115 Å². The van der Waals surface area contributed by atoms with Crippen LogP contribution in [-0.2, 0) is 35.7 Å². The van der Waals surface area contributed by atoms with Gasteiger partial charge in [-0.2, -0.15) is 5.26 Å². The van der Waals surface area contributed by atoms with Gasteiger partial charge in [0.25, 0.3) is 5.91 Å². The van der Waals surface area contributed by atoms with Crippen LogP contribution in [0.5, 0.6) is 0 Å². The molecule has 0 saturated heterocycles. The SMILES string of the molecule is COC(=O)[C@@H](Cc1ccc(C#N)cc1)NC(=O)c1ccc(CP(=O)(OC)OC)cc1. The molecule has 0 fully saturated rings. The van der Waals surface area contributed by atoms with E-state index in [4.69, 9.17) is 19.0 Å². The molecule has 8 nitrogen and oxygen atoms in total. The van der Waals surface area contributed by atoms with Crippen molar-refractivity contribution in [2.45, 2.75) is 18.6 Å². The summed E-state index contributed by atoms with van der Waals surface area (Å²) in [6.07, 6.45) is 0.290. The van der Waals surface area contributed by atoms with Crippen molar-refractivity contribution in [2.75, 3.05) is 21.3 Å². The summed E-state index contributed by atoms with van der Waals surface area (Å²) in [5.41, 5.74) is 2.29. The zero-order valence-electron chi connectivity index (χ0n) is 17.0. The molecule has 0 aliphatic rings. The predicted molar refractivity (Wildman–Crippen MR) is 110 cm³/mol. The molecule has 0 radical (unpaired) electrons. The van der Waals surface area contributed by atoms with Crippen molar-refractivity contribution in [1.29, 1.82) is 5.26 Å². The van der Waals surface area contributed by atoms with Crippen LogP contribution in [-0.4, -0.2) is 39.2 Å². The number of esters is 1. The zero-order chi connectivity index (χ0) is 22.1. The normalized spacial score (nSPS) is 11.9. The molecule has 1 atom stereocenters. The maximum atomic E-state index is 12.6. The molecular formula is C21H23N2O6P. The van der Waals surface area contributed by atoms with E-state index in [1.165, 1.54) is 21.3 Å². The molecule has 2 aromatic rings. The van der Waals surface area contributed by atoms with Crippen LogP contribution in [0.3, 0.4) is 0 Å². The number of nitriles is 1. The first-order valence-corrected chi connectivity index (χ1v) is 10.7. The minimum Gasteiger partial charge on any atom is -0.467 e. The van der Waals surface area contributed by atoms with E-state index in [0.717, 1.165) is 5.56 Å². The molecule has 2 rings (SSSR count). The van der Waals surface area contributed by atoms with Crippen LogP contribution in [0.2, 0.25) is 0 Å². The molecule has 9 heteroatoms. The monoisotopic (exact) mass is 430 g/mol. The number of nitrogens with zero attached hydrogens (tertiary/aromatic N) is 1. The number of carbonyl (C=O) groups excluding carboxylic acids is 2. The third-order valence-electron chi connectivity index (χ3n) is 4.46. The lowest BCUT2D eigenvalue weighted by molar-refractivity contribution is -0.142. The summed E-state index contributed by atoms with van der Waals surface area (Å²) in [6.45, 7) is 0. The fraction of sp³-hybridized carbons (Fsp3) is 0.286. The maximum Gasteiger partial charge on any atom is 0.334 e. The van der Waals surface area contributed by atoms with Crippen LogP contribution in [0.15, 0.2) is 48.5 Å². The Kier molecular flexibility index (Phi) is 8.31. The van der Waals surface area contributed by atoms with E-state index < -0.39 is 25.5 Å². The summed E-state index contributed by atoms with van der Waals surface area (Å²) in [5.74, 6) is -1.03. The first-order valence-electron chi connectivity index (χ1n) is 9.01. The van der Waals surface area contributed by atoms with Crippen LogP contribution in [0.1, 0.15) is 27.0 Å². The molecule has 0 saturated carbocycles. The number of ether oxygens (including phenoxy) is 1. The number of amides is 1. The lowest BCUT2D eigenvalue weighted by Crippen LogP contribution is -2.43. The van der Waals surface area contributed by atoms with Gasteiger partial charge in [-0.25, -0.2) is 4.79 Å². The molecule has 0 aliphatic heterocycles. The van der Waals surface area contributed by atoms with Crippen molar-refractivity contribution in [1.82, 2.24) is 5.32 Å². The van der Waals surface area contributed by atoms with E-state index in [0.29, 0.717) is 16.7 Å². The van der Waals surface area contributed by atoms with Crippen LogP contribution in [0.4, 0.5) is 0 Å². The minimum absolute atomic E-state index is 0.0748. The Labute approximate surface area is 175 Å². The summed E-state index contributed by atoms with van der Waals surface area (Å²) < 4.78 is 26.8. The number of rotatable bonds is 9. The van der Waals surface area contributed by atoms with Crippen LogP contribution in [0, 0.1) is 11.3 Å². The number of methoxy groups -OCH3 is 1. The van der Waals surface area contributed by atoms with E-state index in [2.05, 4.69) is 5.32 Å². The largest absolute Gasteiger partial charge is 0.467 e. The van der Waals surface area contributed by atoms with Gasteiger partial charge in [0, 0.05) is 26.2 Å². The molecule has 0 unspecified atom stereocenters. The molecule has 30 heavy (non-hydrogen) atoms. The molecule has 158 valence electrons. The van der Waals surface area contributed by atoms with Gasteiger partial charge in [0.2, 0.25) is 0 Å². The van der Waals surface area contributed by atoms with E-state index in [1.54, 1.807) is 48.5 Å². The standard InChI is InChI=1S/C21H23N2O6P/c1-27-21(25)19(12-15-4-6-16(13-22)7-5-15)23-20(24)18-10-8-17(9-11-18)14-30(26,28-2)29-3/h4-11,19H,12,14H2,1-3H3,(H,23,24)/t19-/m1/s1. The summed E-state index contributed by atoms with van der Waals surface area (Å²) >= 11 is 0. The lowest BCUT2D eigenvalue weighted by Gasteiger charge is -2.17. The molecular weight excluding hydrogens is 407 g/mol. The van der Waals surface area contributed by atoms with Gasteiger partial charge in [0.05, 0.1) is 24.9 Å². The van der Waals surface area contributed by atoms with Gasteiger partial charge >= 0.3 is 13.6 Å². The van der Waals surface area contributed by atoms with Crippen molar-refractivity contribution in [3.63, 3.8) is 0 Å². The molecule has 1 N–H and O–H groups in total. The van der Waals surface area contributed by atoms with E-state index in [-0.39, 0.29) is 12.6 Å². The Morgan fingerprint density at radius 3 is 2.07 bits per heavy atom. The fourth-order valence-electron chi connectivity index (χ4n) is 2.72. The number of carbonyl (C=O) groups is 2. The second-order valence-corrected chi connectivity index (χ2v) is 8.66. The first-order chi connectivity index (χ1) is 14.3. The van der Waals surface area contributed by atoms with E-state index >= 15 is 0 Å². The lowest BCUT2D eigenvalue weighted by atomic mass is 10.0. The van der Waals surface area contributed by atoms with E-state index in [1.807, 2.05) is 6.07 Å². The van der Waals surface area contributed by atoms with Gasteiger partial charge in [0.1, 0.15) is 6.04 Å². The molecule has 0 aromatic heterocycles. The van der Waals surface area contributed by atoms with Gasteiger partial charge in [-0.05, 0) is 35.4 Å². The van der Waals surface area contributed by atoms with Crippen molar-refractivity contribution in [3.8, 4) is 6.07 Å². The highest BCUT2D eigenvalue weighted by atomic mass is 31.2. The number of nitrogens with one attached hydrogen (secondary N) is 1. The summed E-state index contributed by atoms with van der Waals surface area (Å²) in [6, 6.07) is 14.3. The third kappa shape index (κ3) is 6.26. The Hall–Kier alpha value is -2.98. The van der Waals surface area contributed by atoms with Crippen molar-refractivity contribution >= 4 is 19.5 Å². The van der Waals surface area contributed by atoms with Crippen molar-refractivity contribution in [3.05, 3.63) is 70.8 Å². The first kappa shape index (κ1) is 23.3. The van der Waals surface area contributed by atoms with Crippen LogP contribution < -0.4 is 5.32 Å². The molecule has 0 bridgehead atoms. The number of benzene rings is 2. The average Bonchev–Trinajstić information content (AvgIpc) is 2.78. The van der Waals surface area contributed by atoms with E-state index in [9.17, 15) is 14.2 Å². The molecule has 0 heterocycles. The van der Waals surface area contributed by atoms with Gasteiger partial charge in [-0.3, -0.25) is 9.36 Å². The van der Waals surface area contributed by atoms with Crippen molar-refractivity contribution in [2.24, 2.45) is 0 Å². The summed E-state index contributed by atoms with van der Waals surface area (Å²) in [7, 11) is 0.665. The maximum absolute atomic E-state index is 12.6. The minimum atomic E-state index is -3.21. The fourth-order valence-corrected chi connectivity index (χ4v) is 3.78. The summed E-state index contributed by atoms with van der Waals surface area (Å²) in [5, 5.41) is 11.5. The summed E-state index contributed by atoms with van der Waals surface area (Å²) in [4.78, 5) is 24.7. The van der Waals surface area contributed by atoms with Crippen LogP contribution in [0.25, 0.3) is 0 Å². The Morgan fingerprint density at radius 2 is 1.57 bits per heavy atom. The number of hydrogen-bond acceptors (Lipinski definition) is 7. The smallest absolute Gasteiger partial charge is 0.334 e.